The Kier molecular flexibility index (Phi) is 3.49. The van der Waals surface area contributed by atoms with Crippen molar-refractivity contribution >= 4 is 15.9 Å². The molecule has 0 fully saturated rings. The number of nitrogens with zero attached hydrogens (tertiary/aromatic N) is 1. The first-order valence-electron chi connectivity index (χ1n) is 5.35. The summed E-state index contributed by atoms with van der Waals surface area (Å²) in [4.78, 5) is 11.8. The van der Waals surface area contributed by atoms with Crippen LogP contribution in [-0.4, -0.2) is 16.8 Å². The molecule has 0 saturated heterocycles. The van der Waals surface area contributed by atoms with Crippen LogP contribution in [0.25, 0.3) is 5.69 Å². The number of aromatic amines is 1. The van der Waals surface area contributed by atoms with Crippen LogP contribution in [-0.2, 0) is 6.54 Å². The zero-order chi connectivity index (χ0) is 12.4. The molecule has 0 atom stereocenters. The number of hydrogen-bond donors (Lipinski definition) is 2. The fourth-order valence-corrected chi connectivity index (χ4v) is 2.27. The number of aromatic nitrogens is 2. The minimum absolute atomic E-state index is 0.0485. The molecule has 5 heteroatoms. The van der Waals surface area contributed by atoms with Crippen LogP contribution in [0, 0.1) is 6.92 Å². The van der Waals surface area contributed by atoms with E-state index in [9.17, 15) is 4.79 Å². The van der Waals surface area contributed by atoms with Crippen molar-refractivity contribution < 1.29 is 0 Å². The summed E-state index contributed by atoms with van der Waals surface area (Å²) in [5.41, 5.74) is 2.58. The molecule has 0 unspecified atom stereocenters. The number of halogens is 1. The standard InChI is InChI=1S/C12H14BrN3O/c1-8-9(7-14-2)12(17)15-16(8)11-6-4-3-5-10(11)13/h3-6,14H,7H2,1-2H3,(H,15,17). The van der Waals surface area contributed by atoms with Crippen LogP contribution in [0.2, 0.25) is 0 Å². The SMILES string of the molecule is CNCc1c(C)n(-c2ccccc2Br)[nH]c1=O. The summed E-state index contributed by atoms with van der Waals surface area (Å²) in [7, 11) is 1.83. The summed E-state index contributed by atoms with van der Waals surface area (Å²) in [6.45, 7) is 2.50. The lowest BCUT2D eigenvalue weighted by Gasteiger charge is -2.08. The Morgan fingerprint density at radius 3 is 2.76 bits per heavy atom. The molecule has 0 aliphatic heterocycles. The summed E-state index contributed by atoms with van der Waals surface area (Å²) >= 11 is 3.48. The van der Waals surface area contributed by atoms with Crippen molar-refractivity contribution in [3.05, 3.63) is 50.3 Å². The number of benzene rings is 1. The molecule has 0 spiro atoms. The van der Waals surface area contributed by atoms with Gasteiger partial charge in [0.2, 0.25) is 0 Å². The molecule has 0 aliphatic rings. The van der Waals surface area contributed by atoms with Crippen LogP contribution in [0.5, 0.6) is 0 Å². The van der Waals surface area contributed by atoms with Crippen LogP contribution in [0.1, 0.15) is 11.3 Å². The highest BCUT2D eigenvalue weighted by Gasteiger charge is 2.12. The zero-order valence-corrected chi connectivity index (χ0v) is 11.3. The first-order chi connectivity index (χ1) is 8.15. The van der Waals surface area contributed by atoms with Crippen molar-refractivity contribution in [2.75, 3.05) is 7.05 Å². The predicted molar refractivity (Wildman–Crippen MR) is 71.6 cm³/mol. The average Bonchev–Trinajstić information content (AvgIpc) is 2.58. The summed E-state index contributed by atoms with van der Waals surface area (Å²) in [6, 6.07) is 7.79. The second-order valence-corrected chi connectivity index (χ2v) is 4.68. The Balaban J connectivity index is 2.58. The quantitative estimate of drug-likeness (QED) is 0.909. The van der Waals surface area contributed by atoms with Crippen molar-refractivity contribution in [2.24, 2.45) is 0 Å². The molecule has 17 heavy (non-hydrogen) atoms. The number of rotatable bonds is 3. The molecule has 2 N–H and O–H groups in total. The van der Waals surface area contributed by atoms with Crippen LogP contribution in [0.3, 0.4) is 0 Å². The van der Waals surface area contributed by atoms with E-state index in [1.165, 1.54) is 0 Å². The van der Waals surface area contributed by atoms with Crippen LogP contribution >= 0.6 is 15.9 Å². The van der Waals surface area contributed by atoms with E-state index in [1.807, 2.05) is 38.2 Å². The molecular weight excluding hydrogens is 282 g/mol. The molecule has 0 radical (unpaired) electrons. The largest absolute Gasteiger partial charge is 0.315 e. The van der Waals surface area contributed by atoms with Gasteiger partial charge in [-0.15, -0.1) is 0 Å². The van der Waals surface area contributed by atoms with Crippen molar-refractivity contribution in [2.45, 2.75) is 13.5 Å². The first-order valence-corrected chi connectivity index (χ1v) is 6.14. The topological polar surface area (TPSA) is 49.8 Å². The van der Waals surface area contributed by atoms with Gasteiger partial charge in [-0.25, -0.2) is 0 Å². The smallest absolute Gasteiger partial charge is 0.269 e. The Morgan fingerprint density at radius 1 is 1.41 bits per heavy atom. The summed E-state index contributed by atoms with van der Waals surface area (Å²) in [5.74, 6) is 0. The second kappa shape index (κ2) is 4.89. The van der Waals surface area contributed by atoms with E-state index in [-0.39, 0.29) is 5.56 Å². The third kappa shape index (κ3) is 2.21. The lowest BCUT2D eigenvalue weighted by molar-refractivity contribution is 0.800. The van der Waals surface area contributed by atoms with Gasteiger partial charge in [-0.3, -0.25) is 14.6 Å². The highest BCUT2D eigenvalue weighted by atomic mass is 79.9. The molecular formula is C12H14BrN3O. The van der Waals surface area contributed by atoms with E-state index in [2.05, 4.69) is 26.3 Å². The van der Waals surface area contributed by atoms with Gasteiger partial charge >= 0.3 is 0 Å². The fourth-order valence-electron chi connectivity index (χ4n) is 1.81. The van der Waals surface area contributed by atoms with Gasteiger partial charge in [0.05, 0.1) is 11.3 Å². The molecule has 1 aromatic carbocycles. The molecule has 1 aromatic heterocycles. The summed E-state index contributed by atoms with van der Waals surface area (Å²) in [6.07, 6.45) is 0. The highest BCUT2D eigenvalue weighted by molar-refractivity contribution is 9.10. The third-order valence-corrected chi connectivity index (χ3v) is 3.38. The molecule has 0 amide bonds. The Morgan fingerprint density at radius 2 is 2.12 bits per heavy atom. The lowest BCUT2D eigenvalue weighted by Crippen LogP contribution is -2.14. The van der Waals surface area contributed by atoms with E-state index in [0.717, 1.165) is 21.4 Å². The van der Waals surface area contributed by atoms with Crippen LogP contribution in [0.4, 0.5) is 0 Å². The van der Waals surface area contributed by atoms with Gasteiger partial charge in [0.15, 0.2) is 0 Å². The Bertz CT molecular complexity index is 586. The van der Waals surface area contributed by atoms with Gasteiger partial charge in [0.1, 0.15) is 0 Å². The van der Waals surface area contributed by atoms with E-state index in [4.69, 9.17) is 0 Å². The van der Waals surface area contributed by atoms with Crippen molar-refractivity contribution in [3.8, 4) is 5.69 Å². The van der Waals surface area contributed by atoms with Crippen LogP contribution in [0.15, 0.2) is 33.5 Å². The zero-order valence-electron chi connectivity index (χ0n) is 9.75. The van der Waals surface area contributed by atoms with E-state index in [1.54, 1.807) is 4.68 Å². The number of para-hydroxylation sites is 1. The fraction of sp³-hybridized carbons (Fsp3) is 0.250. The molecule has 0 bridgehead atoms. The van der Waals surface area contributed by atoms with Gasteiger partial charge < -0.3 is 5.32 Å². The van der Waals surface area contributed by atoms with Crippen molar-refractivity contribution in [1.29, 1.82) is 0 Å². The monoisotopic (exact) mass is 295 g/mol. The molecule has 0 aliphatic carbocycles. The molecule has 4 nitrogen and oxygen atoms in total. The molecule has 2 aromatic rings. The minimum Gasteiger partial charge on any atom is -0.315 e. The third-order valence-electron chi connectivity index (χ3n) is 2.71. The average molecular weight is 296 g/mol. The first kappa shape index (κ1) is 12.1. The molecule has 2 rings (SSSR count). The molecule has 1 heterocycles. The van der Waals surface area contributed by atoms with E-state index < -0.39 is 0 Å². The molecule has 0 saturated carbocycles. The maximum absolute atomic E-state index is 11.8. The van der Waals surface area contributed by atoms with E-state index >= 15 is 0 Å². The van der Waals surface area contributed by atoms with E-state index in [0.29, 0.717) is 6.54 Å². The normalized spacial score (nSPS) is 10.8. The predicted octanol–water partition coefficient (Wildman–Crippen LogP) is 1.96. The van der Waals surface area contributed by atoms with Gasteiger partial charge in [0, 0.05) is 16.7 Å². The number of nitrogens with one attached hydrogen (secondary N) is 2. The lowest BCUT2D eigenvalue weighted by atomic mass is 10.2. The summed E-state index contributed by atoms with van der Waals surface area (Å²) in [5, 5.41) is 5.85. The Hall–Kier alpha value is -1.33. The maximum atomic E-state index is 11.8. The van der Waals surface area contributed by atoms with Crippen LogP contribution < -0.4 is 10.9 Å². The Labute approximate surface area is 108 Å². The van der Waals surface area contributed by atoms with Crippen molar-refractivity contribution in [3.63, 3.8) is 0 Å². The van der Waals surface area contributed by atoms with Gasteiger partial charge in [-0.05, 0) is 42.0 Å². The summed E-state index contributed by atoms with van der Waals surface area (Å²) < 4.78 is 2.75. The van der Waals surface area contributed by atoms with Gasteiger partial charge in [-0.2, -0.15) is 0 Å². The maximum Gasteiger partial charge on any atom is 0.269 e. The minimum atomic E-state index is -0.0485. The number of H-pyrrole nitrogens is 1. The van der Waals surface area contributed by atoms with Gasteiger partial charge in [0.25, 0.3) is 5.56 Å². The van der Waals surface area contributed by atoms with Gasteiger partial charge in [-0.1, -0.05) is 12.1 Å². The van der Waals surface area contributed by atoms with Crippen molar-refractivity contribution in [1.82, 2.24) is 15.1 Å². The number of hydrogen-bond acceptors (Lipinski definition) is 2. The highest BCUT2D eigenvalue weighted by Crippen LogP contribution is 2.21. The molecule has 90 valence electrons. The second-order valence-electron chi connectivity index (χ2n) is 3.82.